The van der Waals surface area contributed by atoms with E-state index in [9.17, 15) is 19.7 Å². The number of carbonyl (C=O) groups is 1. The molecule has 2 rings (SSSR count). The Morgan fingerprint density at radius 3 is 2.50 bits per heavy atom. The van der Waals surface area contributed by atoms with Gasteiger partial charge in [-0.25, -0.2) is 4.79 Å². The van der Waals surface area contributed by atoms with Crippen molar-refractivity contribution in [2.75, 3.05) is 0 Å². The Bertz CT molecular complexity index is 798. The number of pyridine rings is 1. The Morgan fingerprint density at radius 1 is 1.25 bits per heavy atom. The largest absolute Gasteiger partial charge is 0.459 e. The van der Waals surface area contributed by atoms with Crippen LogP contribution in [-0.4, -0.2) is 15.5 Å². The highest BCUT2D eigenvalue weighted by Crippen LogP contribution is 2.17. The van der Waals surface area contributed by atoms with Gasteiger partial charge in [0.15, 0.2) is 0 Å². The summed E-state index contributed by atoms with van der Waals surface area (Å²) < 4.78 is 6.41. The molecule has 126 valence electrons. The number of rotatable bonds is 6. The molecule has 0 aliphatic rings. The highest BCUT2D eigenvalue weighted by atomic mass is 16.6. The van der Waals surface area contributed by atoms with E-state index in [2.05, 4.69) is 0 Å². The minimum absolute atomic E-state index is 0.0822. The summed E-state index contributed by atoms with van der Waals surface area (Å²) in [5, 5.41) is 11.0. The molecule has 0 fully saturated rings. The Morgan fingerprint density at radius 2 is 1.92 bits per heavy atom. The molecule has 7 nitrogen and oxygen atoms in total. The third-order valence-electron chi connectivity index (χ3n) is 3.69. The number of esters is 1. The van der Waals surface area contributed by atoms with Gasteiger partial charge in [0.25, 0.3) is 0 Å². The predicted molar refractivity (Wildman–Crippen MR) is 87.7 cm³/mol. The fraction of sp³-hybridized carbons (Fsp3) is 0.294. The molecule has 1 unspecified atom stereocenters. The molecule has 0 saturated carbocycles. The molecule has 0 N–H and O–H groups in total. The Labute approximate surface area is 138 Å². The molecule has 0 amide bonds. The van der Waals surface area contributed by atoms with Crippen molar-refractivity contribution < 1.29 is 14.5 Å². The zero-order chi connectivity index (χ0) is 17.7. The molecular weight excluding hydrogens is 312 g/mol. The number of ether oxygens (including phenoxy) is 1. The number of nitro groups is 1. The summed E-state index contributed by atoms with van der Waals surface area (Å²) >= 11 is 0. The van der Waals surface area contributed by atoms with Gasteiger partial charge in [0, 0.05) is 11.8 Å². The van der Waals surface area contributed by atoms with Crippen molar-refractivity contribution in [2.45, 2.75) is 32.9 Å². The smallest absolute Gasteiger partial charge is 0.334 e. The first-order chi connectivity index (χ1) is 11.5. The van der Waals surface area contributed by atoms with Crippen LogP contribution in [-0.2, 0) is 16.1 Å². The summed E-state index contributed by atoms with van der Waals surface area (Å²) in [5.41, 5.74) is -0.0728. The minimum Gasteiger partial charge on any atom is -0.459 e. The van der Waals surface area contributed by atoms with Crippen molar-refractivity contribution in [3.63, 3.8) is 0 Å². The van der Waals surface area contributed by atoms with Crippen LogP contribution < -0.4 is 5.56 Å². The number of aryl methyl sites for hydroxylation is 1. The number of hydrogen-bond acceptors (Lipinski definition) is 5. The number of hydrogen-bond donors (Lipinski definition) is 0. The van der Waals surface area contributed by atoms with E-state index < -0.39 is 28.2 Å². The third kappa shape index (κ3) is 3.68. The minimum atomic E-state index is -0.902. The fourth-order valence-corrected chi connectivity index (χ4v) is 2.44. The lowest BCUT2D eigenvalue weighted by molar-refractivity contribution is -0.386. The van der Waals surface area contributed by atoms with Gasteiger partial charge < -0.3 is 4.74 Å². The van der Waals surface area contributed by atoms with Gasteiger partial charge in [0.05, 0.1) is 4.92 Å². The van der Waals surface area contributed by atoms with Gasteiger partial charge in [0.2, 0.25) is 0 Å². The lowest BCUT2D eigenvalue weighted by Gasteiger charge is -2.19. The van der Waals surface area contributed by atoms with Crippen LogP contribution in [0.3, 0.4) is 0 Å². The second-order valence-corrected chi connectivity index (χ2v) is 5.31. The van der Waals surface area contributed by atoms with Gasteiger partial charge in [-0.05, 0) is 25.0 Å². The fourth-order valence-electron chi connectivity index (χ4n) is 2.44. The average Bonchev–Trinajstić information content (AvgIpc) is 2.57. The first kappa shape index (κ1) is 17.4. The van der Waals surface area contributed by atoms with Gasteiger partial charge in [-0.1, -0.05) is 37.3 Å². The van der Waals surface area contributed by atoms with E-state index in [-0.39, 0.29) is 13.0 Å². The number of benzene rings is 1. The highest BCUT2D eigenvalue weighted by Gasteiger charge is 2.26. The van der Waals surface area contributed by atoms with Gasteiger partial charge in [-0.15, -0.1) is 0 Å². The van der Waals surface area contributed by atoms with Crippen LogP contribution in [0.1, 0.15) is 30.6 Å². The monoisotopic (exact) mass is 330 g/mol. The number of nitrogens with zero attached hydrogens (tertiary/aromatic N) is 2. The van der Waals surface area contributed by atoms with E-state index in [1.807, 2.05) is 30.3 Å². The van der Waals surface area contributed by atoms with Crippen LogP contribution in [0.15, 0.2) is 47.3 Å². The molecule has 2 aromatic rings. The molecule has 0 radical (unpaired) electrons. The second kappa shape index (κ2) is 7.54. The van der Waals surface area contributed by atoms with E-state index in [4.69, 9.17) is 4.74 Å². The lowest BCUT2D eigenvalue weighted by atomic mass is 10.2. The van der Waals surface area contributed by atoms with Gasteiger partial charge >= 0.3 is 17.2 Å². The molecule has 1 heterocycles. The Balaban J connectivity index is 2.28. The van der Waals surface area contributed by atoms with Crippen LogP contribution in [0.25, 0.3) is 0 Å². The van der Waals surface area contributed by atoms with Crippen LogP contribution in [0.5, 0.6) is 0 Å². The molecule has 0 spiro atoms. The van der Waals surface area contributed by atoms with Gasteiger partial charge in [0.1, 0.15) is 12.6 Å². The van der Waals surface area contributed by atoms with Gasteiger partial charge in [-0.3, -0.25) is 19.5 Å². The maximum absolute atomic E-state index is 12.4. The zero-order valence-corrected chi connectivity index (χ0v) is 13.5. The van der Waals surface area contributed by atoms with Crippen molar-refractivity contribution >= 4 is 11.7 Å². The van der Waals surface area contributed by atoms with Crippen molar-refractivity contribution in [1.82, 2.24) is 4.57 Å². The zero-order valence-electron chi connectivity index (χ0n) is 13.5. The molecule has 0 saturated heterocycles. The summed E-state index contributed by atoms with van der Waals surface area (Å²) in [5.74, 6) is -0.591. The maximum Gasteiger partial charge on any atom is 0.334 e. The molecule has 1 aromatic heterocycles. The standard InChI is InChI=1S/C17H18N2O5/c1-3-14(17(21)24-11-13-7-5-4-6-8-13)18-12(2)9-10-15(16(18)20)19(22)23/h4-10,14H,3,11H2,1-2H3. The summed E-state index contributed by atoms with van der Waals surface area (Å²) in [4.78, 5) is 34.9. The lowest BCUT2D eigenvalue weighted by Crippen LogP contribution is -2.33. The molecule has 0 aliphatic carbocycles. The van der Waals surface area contributed by atoms with Crippen LogP contribution in [0, 0.1) is 17.0 Å². The molecular formula is C17H18N2O5. The third-order valence-corrected chi connectivity index (χ3v) is 3.69. The number of carbonyl (C=O) groups excluding carboxylic acids is 1. The molecule has 7 heteroatoms. The van der Waals surface area contributed by atoms with Crippen molar-refractivity contribution in [3.8, 4) is 0 Å². The normalized spacial score (nSPS) is 11.8. The topological polar surface area (TPSA) is 91.4 Å². The summed E-state index contributed by atoms with van der Waals surface area (Å²) in [6, 6.07) is 10.8. The van der Waals surface area contributed by atoms with E-state index in [0.29, 0.717) is 5.69 Å². The second-order valence-electron chi connectivity index (χ2n) is 5.31. The first-order valence-electron chi connectivity index (χ1n) is 7.52. The molecule has 0 bridgehead atoms. The van der Waals surface area contributed by atoms with E-state index in [0.717, 1.165) is 16.2 Å². The predicted octanol–water partition coefficient (Wildman–Crippen LogP) is 2.76. The van der Waals surface area contributed by atoms with E-state index >= 15 is 0 Å². The van der Waals surface area contributed by atoms with Crippen LogP contribution in [0.4, 0.5) is 5.69 Å². The van der Waals surface area contributed by atoms with Crippen molar-refractivity contribution in [2.24, 2.45) is 0 Å². The maximum atomic E-state index is 12.4. The van der Waals surface area contributed by atoms with Crippen LogP contribution in [0.2, 0.25) is 0 Å². The van der Waals surface area contributed by atoms with Gasteiger partial charge in [-0.2, -0.15) is 0 Å². The summed E-state index contributed by atoms with van der Waals surface area (Å²) in [6.07, 6.45) is 0.287. The summed E-state index contributed by atoms with van der Waals surface area (Å²) in [6.45, 7) is 3.43. The summed E-state index contributed by atoms with van der Waals surface area (Å²) in [7, 11) is 0. The first-order valence-corrected chi connectivity index (χ1v) is 7.52. The van der Waals surface area contributed by atoms with Crippen molar-refractivity contribution in [3.05, 3.63) is 74.2 Å². The Hall–Kier alpha value is -2.96. The molecule has 1 atom stereocenters. The Kier molecular flexibility index (Phi) is 5.47. The highest BCUT2D eigenvalue weighted by molar-refractivity contribution is 5.74. The van der Waals surface area contributed by atoms with E-state index in [1.54, 1.807) is 13.8 Å². The molecule has 0 aliphatic heterocycles. The quantitative estimate of drug-likeness (QED) is 0.461. The SMILES string of the molecule is CCC(C(=O)OCc1ccccc1)n1c(C)ccc([N+](=O)[O-])c1=O. The molecule has 1 aromatic carbocycles. The van der Waals surface area contributed by atoms with E-state index in [1.165, 1.54) is 6.07 Å². The van der Waals surface area contributed by atoms with Crippen LogP contribution >= 0.6 is 0 Å². The average molecular weight is 330 g/mol. The number of aromatic nitrogens is 1. The molecule has 24 heavy (non-hydrogen) atoms. The van der Waals surface area contributed by atoms with Crippen molar-refractivity contribution in [1.29, 1.82) is 0 Å².